The normalized spacial score (nSPS) is 10.2. The van der Waals surface area contributed by atoms with Gasteiger partial charge in [-0.1, -0.05) is 0 Å². The first-order valence-electron chi connectivity index (χ1n) is 6.12. The first-order valence-corrected chi connectivity index (χ1v) is 6.12. The second-order valence-corrected chi connectivity index (χ2v) is 4.37. The molecule has 1 N–H and O–H groups in total. The highest BCUT2D eigenvalue weighted by Crippen LogP contribution is 2.19. The van der Waals surface area contributed by atoms with Crippen LogP contribution in [0.3, 0.4) is 0 Å². The van der Waals surface area contributed by atoms with Crippen LogP contribution >= 0.6 is 0 Å². The van der Waals surface area contributed by atoms with Gasteiger partial charge in [0.25, 0.3) is 11.6 Å². The van der Waals surface area contributed by atoms with Crippen molar-refractivity contribution in [2.24, 2.45) is 0 Å². The fourth-order valence-corrected chi connectivity index (χ4v) is 1.79. The highest BCUT2D eigenvalue weighted by Gasteiger charge is 2.20. The van der Waals surface area contributed by atoms with Gasteiger partial charge in [-0.3, -0.25) is 19.7 Å². The maximum atomic E-state index is 12.3. The van der Waals surface area contributed by atoms with Crippen LogP contribution < -0.4 is 0 Å². The van der Waals surface area contributed by atoms with Gasteiger partial charge in [0.15, 0.2) is 0 Å². The van der Waals surface area contributed by atoms with E-state index in [1.807, 2.05) is 0 Å². The number of methoxy groups -OCH3 is 1. The van der Waals surface area contributed by atoms with Gasteiger partial charge in [-0.25, -0.2) is 0 Å². The summed E-state index contributed by atoms with van der Waals surface area (Å²) < 4.78 is 4.84. The van der Waals surface area contributed by atoms with Crippen molar-refractivity contribution >= 4 is 17.6 Å². The van der Waals surface area contributed by atoms with E-state index in [1.165, 1.54) is 32.2 Å². The third kappa shape index (κ3) is 4.53. The molecule has 8 nitrogen and oxygen atoms in total. The second kappa shape index (κ2) is 7.34. The largest absolute Gasteiger partial charge is 0.480 e. The molecule has 0 spiro atoms. The van der Waals surface area contributed by atoms with Crippen LogP contribution in [0, 0.1) is 17.0 Å². The molecule has 1 rings (SSSR count). The number of carbonyl (C=O) groups excluding carboxylic acids is 1. The molecule has 0 aromatic heterocycles. The minimum atomic E-state index is -1.14. The van der Waals surface area contributed by atoms with E-state index in [2.05, 4.69) is 0 Å². The van der Waals surface area contributed by atoms with Crippen molar-refractivity contribution in [1.29, 1.82) is 0 Å². The number of nitro groups is 1. The Hall–Kier alpha value is -2.48. The first-order chi connectivity index (χ1) is 9.86. The molecule has 0 radical (unpaired) electrons. The Bertz CT molecular complexity index is 558. The predicted octanol–water partition coefficient (Wildman–Crippen LogP) is 1.08. The zero-order valence-electron chi connectivity index (χ0n) is 11.7. The van der Waals surface area contributed by atoms with Crippen molar-refractivity contribution in [2.75, 3.05) is 26.8 Å². The van der Waals surface area contributed by atoms with E-state index in [0.29, 0.717) is 5.56 Å². The van der Waals surface area contributed by atoms with Crippen LogP contribution in [-0.4, -0.2) is 53.6 Å². The van der Waals surface area contributed by atoms with Crippen molar-refractivity contribution in [2.45, 2.75) is 6.92 Å². The molecular weight excluding hydrogens is 280 g/mol. The van der Waals surface area contributed by atoms with Crippen molar-refractivity contribution in [1.82, 2.24) is 4.90 Å². The molecule has 0 saturated heterocycles. The van der Waals surface area contributed by atoms with Crippen molar-refractivity contribution in [3.63, 3.8) is 0 Å². The molecule has 1 aromatic carbocycles. The van der Waals surface area contributed by atoms with Crippen LogP contribution in [0.15, 0.2) is 18.2 Å². The van der Waals surface area contributed by atoms with E-state index in [0.717, 1.165) is 4.90 Å². The number of carboxylic acid groups (broad SMARTS) is 1. The third-order valence-corrected chi connectivity index (χ3v) is 2.82. The number of hydrogen-bond acceptors (Lipinski definition) is 5. The SMILES string of the molecule is COCCN(CC(=O)O)C(=O)c1ccc([N+](=O)[O-])c(C)c1. The van der Waals surface area contributed by atoms with Crippen molar-refractivity contribution in [3.05, 3.63) is 39.4 Å². The minimum absolute atomic E-state index is 0.0896. The summed E-state index contributed by atoms with van der Waals surface area (Å²) in [5.74, 6) is -1.65. The number of carboxylic acids is 1. The monoisotopic (exact) mass is 296 g/mol. The smallest absolute Gasteiger partial charge is 0.323 e. The highest BCUT2D eigenvalue weighted by atomic mass is 16.6. The van der Waals surface area contributed by atoms with Crippen LogP contribution in [0.4, 0.5) is 5.69 Å². The molecule has 0 heterocycles. The zero-order valence-corrected chi connectivity index (χ0v) is 11.7. The quantitative estimate of drug-likeness (QED) is 0.595. The fraction of sp³-hybridized carbons (Fsp3) is 0.385. The Morgan fingerprint density at radius 3 is 2.57 bits per heavy atom. The molecule has 0 aliphatic carbocycles. The van der Waals surface area contributed by atoms with Gasteiger partial charge in [-0.15, -0.1) is 0 Å². The van der Waals surface area contributed by atoms with Crippen LogP contribution in [0.1, 0.15) is 15.9 Å². The first kappa shape index (κ1) is 16.6. The Morgan fingerprint density at radius 2 is 2.10 bits per heavy atom. The molecule has 0 aliphatic heterocycles. The maximum absolute atomic E-state index is 12.3. The van der Waals surface area contributed by atoms with Crippen molar-refractivity contribution < 1.29 is 24.4 Å². The summed E-state index contributed by atoms with van der Waals surface area (Å²) in [7, 11) is 1.44. The number of amides is 1. The van der Waals surface area contributed by atoms with Gasteiger partial charge in [-0.05, 0) is 19.1 Å². The Morgan fingerprint density at radius 1 is 1.43 bits per heavy atom. The number of ether oxygens (including phenoxy) is 1. The zero-order chi connectivity index (χ0) is 16.0. The topological polar surface area (TPSA) is 110 Å². The molecule has 0 saturated carbocycles. The standard InChI is InChI=1S/C13H16N2O6/c1-9-7-10(3-4-11(9)15(19)20)13(18)14(5-6-21-2)8-12(16)17/h3-4,7H,5-6,8H2,1-2H3,(H,16,17). The lowest BCUT2D eigenvalue weighted by atomic mass is 10.1. The van der Waals surface area contributed by atoms with Gasteiger partial charge in [0.05, 0.1) is 11.5 Å². The summed E-state index contributed by atoms with van der Waals surface area (Å²) in [6, 6.07) is 3.93. The Balaban J connectivity index is 2.99. The lowest BCUT2D eigenvalue weighted by molar-refractivity contribution is -0.385. The second-order valence-electron chi connectivity index (χ2n) is 4.37. The summed E-state index contributed by atoms with van der Waals surface area (Å²) in [5.41, 5.74) is 0.455. The van der Waals surface area contributed by atoms with Crippen LogP contribution in [0.25, 0.3) is 0 Å². The third-order valence-electron chi connectivity index (χ3n) is 2.82. The van der Waals surface area contributed by atoms with E-state index in [9.17, 15) is 19.7 Å². The number of nitrogens with zero attached hydrogens (tertiary/aromatic N) is 2. The van der Waals surface area contributed by atoms with Gasteiger partial charge in [0.2, 0.25) is 0 Å². The molecule has 21 heavy (non-hydrogen) atoms. The lowest BCUT2D eigenvalue weighted by Crippen LogP contribution is -2.38. The molecule has 0 bridgehead atoms. The maximum Gasteiger partial charge on any atom is 0.323 e. The van der Waals surface area contributed by atoms with E-state index in [-0.39, 0.29) is 24.4 Å². The number of aryl methyl sites for hydroxylation is 1. The average molecular weight is 296 g/mol. The van der Waals surface area contributed by atoms with Gasteiger partial charge in [-0.2, -0.15) is 0 Å². The van der Waals surface area contributed by atoms with Crippen LogP contribution in [0.2, 0.25) is 0 Å². The van der Waals surface area contributed by atoms with Crippen LogP contribution in [0.5, 0.6) is 0 Å². The number of aliphatic carboxylic acids is 1. The van der Waals surface area contributed by atoms with Gasteiger partial charge >= 0.3 is 5.97 Å². The summed E-state index contributed by atoms with van der Waals surface area (Å²) in [6.45, 7) is 1.38. The Labute approximate surface area is 121 Å². The molecule has 0 atom stereocenters. The molecule has 1 amide bonds. The predicted molar refractivity (Wildman–Crippen MR) is 73.2 cm³/mol. The number of benzene rings is 1. The summed E-state index contributed by atoms with van der Waals surface area (Å²) in [5, 5.41) is 19.6. The number of rotatable bonds is 7. The molecular formula is C13H16N2O6. The summed E-state index contributed by atoms with van der Waals surface area (Å²) in [4.78, 5) is 34.4. The Kier molecular flexibility index (Phi) is 5.79. The van der Waals surface area contributed by atoms with Crippen LogP contribution in [-0.2, 0) is 9.53 Å². The van der Waals surface area contributed by atoms with E-state index < -0.39 is 23.3 Å². The summed E-state index contributed by atoms with van der Waals surface area (Å²) >= 11 is 0. The molecule has 0 aliphatic rings. The van der Waals surface area contributed by atoms with Gasteiger partial charge in [0, 0.05) is 30.8 Å². The molecule has 1 aromatic rings. The van der Waals surface area contributed by atoms with E-state index in [4.69, 9.17) is 9.84 Å². The average Bonchev–Trinajstić information content (AvgIpc) is 2.41. The molecule has 0 unspecified atom stereocenters. The molecule has 114 valence electrons. The van der Waals surface area contributed by atoms with E-state index in [1.54, 1.807) is 0 Å². The number of carbonyl (C=O) groups is 2. The fourth-order valence-electron chi connectivity index (χ4n) is 1.79. The summed E-state index contributed by atoms with van der Waals surface area (Å²) in [6.07, 6.45) is 0. The van der Waals surface area contributed by atoms with Crippen molar-refractivity contribution in [3.8, 4) is 0 Å². The number of nitro benzene ring substituents is 1. The molecule has 0 fully saturated rings. The van der Waals surface area contributed by atoms with Gasteiger partial charge in [0.1, 0.15) is 6.54 Å². The lowest BCUT2D eigenvalue weighted by Gasteiger charge is -2.20. The van der Waals surface area contributed by atoms with E-state index >= 15 is 0 Å². The minimum Gasteiger partial charge on any atom is -0.480 e. The van der Waals surface area contributed by atoms with Gasteiger partial charge < -0.3 is 14.7 Å². The molecule has 8 heteroatoms. The highest BCUT2D eigenvalue weighted by molar-refractivity contribution is 5.96. The number of hydrogen-bond donors (Lipinski definition) is 1.